The van der Waals surface area contributed by atoms with Crippen molar-refractivity contribution in [2.24, 2.45) is 5.11 Å². The maximum absolute atomic E-state index is 12.9. The lowest BCUT2D eigenvalue weighted by atomic mass is 10.0. The smallest absolute Gasteiger partial charge is 0.306 e. The second kappa shape index (κ2) is 61.9. The molecule has 0 aliphatic rings. The van der Waals surface area contributed by atoms with Crippen molar-refractivity contribution in [1.82, 2.24) is 0 Å². The molecule has 0 fully saturated rings. The quantitative estimate of drug-likeness (QED) is 0.0189. The molecule has 438 valence electrons. The molecule has 0 amide bonds. The first-order valence-corrected chi connectivity index (χ1v) is 31.4. The minimum Gasteiger partial charge on any atom is -0.462 e. The highest BCUT2D eigenvalue weighted by Gasteiger charge is 2.16. The summed E-state index contributed by atoms with van der Waals surface area (Å²) in [5.74, 6) is -0.0302. The Hall–Kier alpha value is -1.99. The Morgan fingerprint density at radius 3 is 1.05 bits per heavy atom. The van der Waals surface area contributed by atoms with Gasteiger partial charge in [-0.1, -0.05) is 200 Å². The van der Waals surface area contributed by atoms with Crippen molar-refractivity contribution in [2.45, 2.75) is 303 Å². The Morgan fingerprint density at radius 1 is 0.351 bits per heavy atom. The fourth-order valence-corrected chi connectivity index (χ4v) is 9.16. The van der Waals surface area contributed by atoms with Gasteiger partial charge in [0, 0.05) is 37.5 Å². The highest BCUT2D eigenvalue weighted by atomic mass is 16.6. The van der Waals surface area contributed by atoms with Gasteiger partial charge in [0.2, 0.25) is 0 Å². The molecule has 0 aromatic rings. The summed E-state index contributed by atoms with van der Waals surface area (Å²) in [6, 6.07) is 0. The van der Waals surface area contributed by atoms with E-state index < -0.39 is 0 Å². The summed E-state index contributed by atoms with van der Waals surface area (Å²) in [4.78, 5) is 28.4. The Morgan fingerprint density at radius 2 is 0.662 bits per heavy atom. The number of hydrogen-bond acceptors (Lipinski definition) is 11. The van der Waals surface area contributed by atoms with Gasteiger partial charge >= 0.3 is 11.9 Å². The first-order valence-electron chi connectivity index (χ1n) is 31.4. The zero-order valence-corrected chi connectivity index (χ0v) is 48.9. The second-order valence-corrected chi connectivity index (χ2v) is 20.9. The molecule has 13 heteroatoms. The van der Waals surface area contributed by atoms with Gasteiger partial charge in [0.15, 0.2) is 0 Å². The summed E-state index contributed by atoms with van der Waals surface area (Å²) in [6.45, 7) is 14.7. The third kappa shape index (κ3) is 56.2. The normalized spacial score (nSPS) is 12.0. The Balaban J connectivity index is 4.64. The molecule has 0 radical (unpaired) electrons. The number of nitrogens with zero attached hydrogens (tertiary/aromatic N) is 3. The molecule has 0 heterocycles. The number of ether oxygens (including phenoxy) is 8. The van der Waals surface area contributed by atoms with Gasteiger partial charge in [-0.05, 0) is 82.6 Å². The standard InChI is InChI=1S/C61H119N3O10/c1-5-9-13-17-23-31-39-57(40-32-24-18-14-10-6-2)73-60(65)43-35-27-21-29-37-46-70-55-59(56-71-54-53-69-52-51-68-50-49-67-48-45-63-64-62)72-47-38-30-22-28-36-44-61(66)74-58(41-33-25-19-15-11-7-3)42-34-26-20-16-12-8-4/h57-59H,5-56H2,1-4H3. The lowest BCUT2D eigenvalue weighted by Crippen LogP contribution is -2.27. The zero-order valence-electron chi connectivity index (χ0n) is 48.9. The van der Waals surface area contributed by atoms with Crippen molar-refractivity contribution in [3.63, 3.8) is 0 Å². The van der Waals surface area contributed by atoms with Crippen LogP contribution in [0.25, 0.3) is 10.4 Å². The van der Waals surface area contributed by atoms with Crippen LogP contribution < -0.4 is 0 Å². The fraction of sp³-hybridized carbons (Fsp3) is 0.967. The molecule has 0 aliphatic carbocycles. The number of unbranched alkanes of at least 4 members (excludes halogenated alkanes) is 28. The monoisotopic (exact) mass is 1050 g/mol. The molecule has 0 saturated carbocycles. The molecule has 0 aromatic heterocycles. The summed E-state index contributed by atoms with van der Waals surface area (Å²) in [6.07, 6.45) is 45.4. The lowest BCUT2D eigenvalue weighted by Gasteiger charge is -2.19. The van der Waals surface area contributed by atoms with Crippen molar-refractivity contribution in [3.05, 3.63) is 10.4 Å². The first-order chi connectivity index (χ1) is 36.5. The molecule has 0 rings (SSSR count). The molecule has 0 aromatic carbocycles. The van der Waals surface area contributed by atoms with E-state index in [9.17, 15) is 9.59 Å². The van der Waals surface area contributed by atoms with Crippen LogP contribution in [0.2, 0.25) is 0 Å². The molecule has 13 nitrogen and oxygen atoms in total. The number of hydrogen-bond donors (Lipinski definition) is 0. The Bertz CT molecular complexity index is 1160. The average Bonchev–Trinajstić information content (AvgIpc) is 3.40. The predicted octanol–water partition coefficient (Wildman–Crippen LogP) is 17.3. The van der Waals surface area contributed by atoms with Crippen molar-refractivity contribution in [2.75, 3.05) is 79.2 Å². The number of rotatable bonds is 63. The second-order valence-electron chi connectivity index (χ2n) is 20.9. The highest BCUT2D eigenvalue weighted by molar-refractivity contribution is 5.69. The summed E-state index contributed by atoms with van der Waals surface area (Å²) < 4.78 is 47.0. The van der Waals surface area contributed by atoms with E-state index in [1.165, 1.54) is 128 Å². The Labute approximate surface area is 455 Å². The SMILES string of the molecule is CCCCCCCCC(CCCCCCCC)OC(=O)CCCCCCCOCC(COCCOCCOCCOCCN=[N+]=[N-])OCCCCCCCC(=O)OC(CCCCCCCC)CCCCCCCC. The average molecular weight is 1050 g/mol. The van der Waals surface area contributed by atoms with Crippen molar-refractivity contribution >= 4 is 11.9 Å². The minimum atomic E-state index is -0.162. The van der Waals surface area contributed by atoms with Gasteiger partial charge in [-0.25, -0.2) is 0 Å². The molecule has 0 bridgehead atoms. The molecule has 0 saturated heterocycles. The van der Waals surface area contributed by atoms with Crippen LogP contribution >= 0.6 is 0 Å². The topological polar surface area (TPSA) is 157 Å². The zero-order chi connectivity index (χ0) is 53.7. The summed E-state index contributed by atoms with van der Waals surface area (Å²) >= 11 is 0. The maximum Gasteiger partial charge on any atom is 0.306 e. The molecular formula is C61H119N3O10. The minimum absolute atomic E-state index is 0.0133. The van der Waals surface area contributed by atoms with E-state index in [-0.39, 0.29) is 30.3 Å². The molecule has 0 aliphatic heterocycles. The molecule has 0 spiro atoms. The number of azide groups is 1. The van der Waals surface area contributed by atoms with Crippen molar-refractivity contribution < 1.29 is 47.5 Å². The van der Waals surface area contributed by atoms with Crippen molar-refractivity contribution in [1.29, 1.82) is 0 Å². The van der Waals surface area contributed by atoms with Crippen molar-refractivity contribution in [3.8, 4) is 0 Å². The Kier molecular flexibility index (Phi) is 60.2. The molecule has 1 atom stereocenters. The fourth-order valence-electron chi connectivity index (χ4n) is 9.16. The number of carbonyl (C=O) groups is 2. The maximum atomic E-state index is 12.9. The van der Waals surface area contributed by atoms with Crippen LogP contribution in [-0.2, 0) is 47.5 Å². The molecule has 0 N–H and O–H groups in total. The molecular weight excluding hydrogens is 935 g/mol. The van der Waals surface area contributed by atoms with Crippen LogP contribution in [0.3, 0.4) is 0 Å². The third-order valence-corrected chi connectivity index (χ3v) is 13.8. The van der Waals surface area contributed by atoms with E-state index in [2.05, 4.69) is 37.7 Å². The van der Waals surface area contributed by atoms with Gasteiger partial charge in [0.05, 0.1) is 59.5 Å². The number of esters is 2. The molecule has 74 heavy (non-hydrogen) atoms. The van der Waals surface area contributed by atoms with Crippen LogP contribution in [0.5, 0.6) is 0 Å². The van der Waals surface area contributed by atoms with E-state index in [1.807, 2.05) is 0 Å². The van der Waals surface area contributed by atoms with Crippen LogP contribution in [0.1, 0.15) is 285 Å². The highest BCUT2D eigenvalue weighted by Crippen LogP contribution is 2.20. The first kappa shape index (κ1) is 72.0. The lowest BCUT2D eigenvalue weighted by molar-refractivity contribution is -0.151. The van der Waals surface area contributed by atoms with E-state index in [0.29, 0.717) is 92.1 Å². The van der Waals surface area contributed by atoms with Gasteiger partial charge in [0.1, 0.15) is 18.3 Å². The van der Waals surface area contributed by atoms with Gasteiger partial charge in [-0.3, -0.25) is 9.59 Å². The summed E-state index contributed by atoms with van der Waals surface area (Å²) in [7, 11) is 0. The van der Waals surface area contributed by atoms with Gasteiger partial charge in [-0.2, -0.15) is 0 Å². The third-order valence-electron chi connectivity index (χ3n) is 13.8. The van der Waals surface area contributed by atoms with E-state index in [0.717, 1.165) is 116 Å². The summed E-state index contributed by atoms with van der Waals surface area (Å²) in [5, 5.41) is 3.44. The summed E-state index contributed by atoms with van der Waals surface area (Å²) in [5.41, 5.74) is 8.32. The van der Waals surface area contributed by atoms with Gasteiger partial charge in [-0.15, -0.1) is 0 Å². The van der Waals surface area contributed by atoms with Crippen LogP contribution in [0.4, 0.5) is 0 Å². The van der Waals surface area contributed by atoms with Crippen LogP contribution in [-0.4, -0.2) is 109 Å². The van der Waals surface area contributed by atoms with Crippen LogP contribution in [0.15, 0.2) is 5.11 Å². The van der Waals surface area contributed by atoms with Gasteiger partial charge < -0.3 is 37.9 Å². The predicted molar refractivity (Wildman–Crippen MR) is 305 cm³/mol. The van der Waals surface area contributed by atoms with E-state index in [4.69, 9.17) is 43.4 Å². The van der Waals surface area contributed by atoms with E-state index in [1.54, 1.807) is 0 Å². The number of carbonyl (C=O) groups excluding carboxylic acids is 2. The van der Waals surface area contributed by atoms with Crippen LogP contribution in [0, 0.1) is 0 Å². The largest absolute Gasteiger partial charge is 0.462 e. The van der Waals surface area contributed by atoms with E-state index >= 15 is 0 Å². The molecule has 1 unspecified atom stereocenters. The van der Waals surface area contributed by atoms with Gasteiger partial charge in [0.25, 0.3) is 0 Å².